The van der Waals surface area contributed by atoms with Crippen molar-refractivity contribution in [3.05, 3.63) is 34.9 Å². The Bertz CT molecular complexity index is 549. The zero-order valence-corrected chi connectivity index (χ0v) is 12.7. The van der Waals surface area contributed by atoms with Crippen LogP contribution in [0.5, 0.6) is 5.75 Å². The van der Waals surface area contributed by atoms with Crippen molar-refractivity contribution in [2.24, 2.45) is 0 Å². The van der Waals surface area contributed by atoms with Gasteiger partial charge in [0.15, 0.2) is 0 Å². The first-order valence-electron chi connectivity index (χ1n) is 6.68. The van der Waals surface area contributed by atoms with Gasteiger partial charge in [0.2, 0.25) is 0 Å². The minimum atomic E-state index is -1.02. The molecule has 21 heavy (non-hydrogen) atoms. The third-order valence-electron chi connectivity index (χ3n) is 2.86. The van der Waals surface area contributed by atoms with Crippen molar-refractivity contribution in [3.8, 4) is 5.75 Å². The maximum absolute atomic E-state index is 11.4. The van der Waals surface area contributed by atoms with Gasteiger partial charge in [0.1, 0.15) is 11.5 Å². The minimum Gasteiger partial charge on any atom is -0.507 e. The molecule has 0 aliphatic carbocycles. The van der Waals surface area contributed by atoms with Gasteiger partial charge < -0.3 is 14.6 Å². The number of rotatable bonds is 6. The molecule has 0 atom stereocenters. The topological polar surface area (TPSA) is 72.8 Å². The Kier molecular flexibility index (Phi) is 5.96. The van der Waals surface area contributed by atoms with Crippen molar-refractivity contribution < 1.29 is 24.2 Å². The summed E-state index contributed by atoms with van der Waals surface area (Å²) >= 11 is 0. The molecule has 0 aliphatic heterocycles. The van der Waals surface area contributed by atoms with Gasteiger partial charge in [0.25, 0.3) is 5.78 Å². The van der Waals surface area contributed by atoms with Gasteiger partial charge >= 0.3 is 5.97 Å². The van der Waals surface area contributed by atoms with Crippen LogP contribution in [0.3, 0.4) is 0 Å². The van der Waals surface area contributed by atoms with Crippen LogP contribution in [0.25, 0.3) is 5.76 Å². The van der Waals surface area contributed by atoms with Crippen molar-refractivity contribution in [2.75, 3.05) is 13.7 Å². The maximum Gasteiger partial charge on any atom is 0.378 e. The van der Waals surface area contributed by atoms with E-state index in [1.165, 1.54) is 0 Å². The molecule has 0 saturated carbocycles. The van der Waals surface area contributed by atoms with Crippen LogP contribution in [0.4, 0.5) is 0 Å². The van der Waals surface area contributed by atoms with Crippen molar-refractivity contribution in [1.29, 1.82) is 0 Å². The van der Waals surface area contributed by atoms with Gasteiger partial charge in [-0.1, -0.05) is 6.92 Å². The molecular formula is C16H20O5. The van der Waals surface area contributed by atoms with E-state index in [1.807, 2.05) is 20.8 Å². The zero-order valence-electron chi connectivity index (χ0n) is 12.7. The van der Waals surface area contributed by atoms with Crippen LogP contribution in [0, 0.1) is 13.8 Å². The minimum absolute atomic E-state index is 0.279. The Hall–Kier alpha value is -2.30. The molecule has 0 aliphatic rings. The largest absolute Gasteiger partial charge is 0.507 e. The highest BCUT2D eigenvalue weighted by Crippen LogP contribution is 2.27. The summed E-state index contributed by atoms with van der Waals surface area (Å²) in [5.74, 6) is -1.43. The summed E-state index contributed by atoms with van der Waals surface area (Å²) in [7, 11) is 1.11. The van der Waals surface area contributed by atoms with Crippen molar-refractivity contribution in [2.45, 2.75) is 27.2 Å². The number of ketones is 1. The molecule has 0 fully saturated rings. The molecule has 1 rings (SSSR count). The van der Waals surface area contributed by atoms with Crippen LogP contribution < -0.4 is 4.74 Å². The number of methoxy groups -OCH3 is 1. The van der Waals surface area contributed by atoms with E-state index in [1.54, 1.807) is 12.1 Å². The van der Waals surface area contributed by atoms with Crippen molar-refractivity contribution in [3.63, 3.8) is 0 Å². The first kappa shape index (κ1) is 16.8. The number of aliphatic hydroxyl groups excluding tert-OH is 1. The van der Waals surface area contributed by atoms with Gasteiger partial charge in [-0.15, -0.1) is 0 Å². The van der Waals surface area contributed by atoms with Crippen LogP contribution >= 0.6 is 0 Å². The summed E-state index contributed by atoms with van der Waals surface area (Å²) in [6.07, 6.45) is 1.76. The molecule has 0 aromatic heterocycles. The number of aryl methyl sites for hydroxylation is 2. The second-order valence-corrected chi connectivity index (χ2v) is 4.67. The third-order valence-corrected chi connectivity index (χ3v) is 2.86. The van der Waals surface area contributed by atoms with Crippen LogP contribution in [0.15, 0.2) is 18.2 Å². The Balaban J connectivity index is 3.07. The molecule has 0 unspecified atom stereocenters. The van der Waals surface area contributed by atoms with E-state index in [9.17, 15) is 14.7 Å². The highest BCUT2D eigenvalue weighted by molar-refractivity contribution is 6.39. The van der Waals surface area contributed by atoms with Crippen LogP contribution in [0.2, 0.25) is 0 Å². The average molecular weight is 292 g/mol. The van der Waals surface area contributed by atoms with Gasteiger partial charge in [0.05, 0.1) is 13.7 Å². The molecular weight excluding hydrogens is 272 g/mol. The lowest BCUT2D eigenvalue weighted by atomic mass is 10.0. The Labute approximate surface area is 124 Å². The van der Waals surface area contributed by atoms with E-state index >= 15 is 0 Å². The molecule has 0 radical (unpaired) electrons. The first-order valence-corrected chi connectivity index (χ1v) is 6.68. The predicted molar refractivity (Wildman–Crippen MR) is 79.3 cm³/mol. The highest BCUT2D eigenvalue weighted by Gasteiger charge is 2.14. The molecule has 0 heterocycles. The number of benzene rings is 1. The van der Waals surface area contributed by atoms with Gasteiger partial charge in [-0.2, -0.15) is 0 Å². The number of carbonyl (C=O) groups is 2. The van der Waals surface area contributed by atoms with Gasteiger partial charge in [-0.05, 0) is 43.5 Å². The van der Waals surface area contributed by atoms with Crippen LogP contribution in [-0.2, 0) is 14.3 Å². The number of aliphatic hydroxyl groups is 1. The summed E-state index contributed by atoms with van der Waals surface area (Å²) in [6, 6.07) is 3.41. The lowest BCUT2D eigenvalue weighted by Crippen LogP contribution is -2.13. The number of esters is 1. The summed E-state index contributed by atoms with van der Waals surface area (Å²) < 4.78 is 9.94. The van der Waals surface area contributed by atoms with E-state index in [0.717, 1.165) is 36.5 Å². The van der Waals surface area contributed by atoms with E-state index < -0.39 is 11.8 Å². The lowest BCUT2D eigenvalue weighted by molar-refractivity contribution is -0.149. The molecule has 1 aromatic carbocycles. The molecule has 0 spiro atoms. The monoisotopic (exact) mass is 292 g/mol. The smallest absolute Gasteiger partial charge is 0.378 e. The van der Waals surface area contributed by atoms with Crippen molar-refractivity contribution >= 4 is 17.5 Å². The fourth-order valence-corrected chi connectivity index (χ4v) is 1.90. The molecule has 0 saturated heterocycles. The second-order valence-electron chi connectivity index (χ2n) is 4.67. The second kappa shape index (κ2) is 7.47. The maximum atomic E-state index is 11.4. The summed E-state index contributed by atoms with van der Waals surface area (Å²) in [5, 5.41) is 9.94. The van der Waals surface area contributed by atoms with Crippen LogP contribution in [0.1, 0.15) is 30.0 Å². The fraction of sp³-hybridized carbons (Fsp3) is 0.375. The summed E-state index contributed by atoms with van der Waals surface area (Å²) in [5.41, 5.74) is 2.15. The number of ether oxygens (including phenoxy) is 2. The first-order chi connectivity index (χ1) is 9.90. The SMILES string of the molecule is CCCOc1c(C)cc(/C(O)=C/C(=O)C(=O)OC)cc1C. The van der Waals surface area contributed by atoms with Crippen molar-refractivity contribution in [1.82, 2.24) is 0 Å². The highest BCUT2D eigenvalue weighted by atomic mass is 16.5. The Morgan fingerprint density at radius 2 is 1.81 bits per heavy atom. The average Bonchev–Trinajstić information content (AvgIpc) is 2.45. The van der Waals surface area contributed by atoms with E-state index in [2.05, 4.69) is 4.74 Å². The Morgan fingerprint density at radius 1 is 1.24 bits per heavy atom. The normalized spacial score (nSPS) is 11.1. The van der Waals surface area contributed by atoms with E-state index in [0.29, 0.717) is 12.2 Å². The molecule has 1 N–H and O–H groups in total. The van der Waals surface area contributed by atoms with E-state index in [-0.39, 0.29) is 5.76 Å². The lowest BCUT2D eigenvalue weighted by Gasteiger charge is -2.13. The summed E-state index contributed by atoms with van der Waals surface area (Å²) in [4.78, 5) is 22.4. The van der Waals surface area contributed by atoms with Gasteiger partial charge in [-0.3, -0.25) is 4.79 Å². The number of carbonyl (C=O) groups excluding carboxylic acids is 2. The molecule has 114 valence electrons. The summed E-state index contributed by atoms with van der Waals surface area (Å²) in [6.45, 7) is 6.35. The fourth-order valence-electron chi connectivity index (χ4n) is 1.90. The molecule has 5 nitrogen and oxygen atoms in total. The molecule has 0 bridgehead atoms. The van der Waals surface area contributed by atoms with Gasteiger partial charge in [0, 0.05) is 11.6 Å². The number of hydrogen-bond donors (Lipinski definition) is 1. The molecule has 1 aromatic rings. The third kappa shape index (κ3) is 4.34. The zero-order chi connectivity index (χ0) is 16.0. The van der Waals surface area contributed by atoms with Gasteiger partial charge in [-0.25, -0.2) is 4.79 Å². The quantitative estimate of drug-likeness (QED) is 0.378. The molecule has 5 heteroatoms. The molecule has 0 amide bonds. The Morgan fingerprint density at radius 3 is 2.29 bits per heavy atom. The predicted octanol–water partition coefficient (Wildman–Crippen LogP) is 2.73. The van der Waals surface area contributed by atoms with Crippen LogP contribution in [-0.4, -0.2) is 30.6 Å². The number of hydrogen-bond acceptors (Lipinski definition) is 5. The standard InChI is InChI=1S/C16H20O5/c1-5-6-21-15-10(2)7-12(8-11(15)3)13(17)9-14(18)16(19)20-4/h7-9,17H,5-6H2,1-4H3/b13-9-. The van der Waals surface area contributed by atoms with E-state index in [4.69, 9.17) is 4.74 Å².